The molecule has 134 valence electrons. The van der Waals surface area contributed by atoms with Crippen LogP contribution in [0.15, 0.2) is 42.5 Å². The molecule has 1 heterocycles. The number of rotatable bonds is 5. The smallest absolute Gasteiger partial charge is 0.251 e. The summed E-state index contributed by atoms with van der Waals surface area (Å²) >= 11 is 5.80. The summed E-state index contributed by atoms with van der Waals surface area (Å²) in [5.74, 6) is -0.360. The number of hydrogen-bond donors (Lipinski definition) is 3. The van der Waals surface area contributed by atoms with Crippen LogP contribution in [0.3, 0.4) is 0 Å². The van der Waals surface area contributed by atoms with Crippen molar-refractivity contribution >= 4 is 34.3 Å². The number of fused-ring (bicyclic) bond motifs is 1. The molecule has 0 bridgehead atoms. The molecule has 3 N–H and O–H groups in total. The fourth-order valence-corrected chi connectivity index (χ4v) is 2.89. The number of benzene rings is 2. The largest absolute Gasteiger partial charge is 0.358 e. The summed E-state index contributed by atoms with van der Waals surface area (Å²) in [6.45, 7) is 4.74. The Kier molecular flexibility index (Phi) is 5.28. The van der Waals surface area contributed by atoms with Crippen molar-refractivity contribution in [3.05, 3.63) is 69.9 Å². The molecule has 0 saturated carbocycles. The Morgan fingerprint density at radius 2 is 1.50 bits per heavy atom. The van der Waals surface area contributed by atoms with E-state index in [-0.39, 0.29) is 11.8 Å². The molecule has 0 aliphatic carbocycles. The Morgan fingerprint density at radius 3 is 2.15 bits per heavy atom. The van der Waals surface area contributed by atoms with E-state index in [0.717, 1.165) is 22.2 Å². The third-order valence-corrected chi connectivity index (χ3v) is 4.62. The molecule has 0 unspecified atom stereocenters. The van der Waals surface area contributed by atoms with E-state index in [2.05, 4.69) is 15.6 Å². The predicted molar refractivity (Wildman–Crippen MR) is 104 cm³/mol. The van der Waals surface area contributed by atoms with Gasteiger partial charge in [0, 0.05) is 45.8 Å². The number of H-pyrrole nitrogens is 1. The molecule has 2 amide bonds. The molecule has 3 aromatic rings. The number of hydrogen-bond acceptors (Lipinski definition) is 2. The van der Waals surface area contributed by atoms with E-state index in [1.807, 2.05) is 26.0 Å². The zero-order valence-corrected chi connectivity index (χ0v) is 15.4. The van der Waals surface area contributed by atoms with E-state index in [4.69, 9.17) is 11.6 Å². The van der Waals surface area contributed by atoms with E-state index in [1.54, 1.807) is 30.3 Å². The minimum absolute atomic E-state index is 0.161. The summed E-state index contributed by atoms with van der Waals surface area (Å²) in [6, 6.07) is 12.2. The number of halogens is 1. The quantitative estimate of drug-likeness (QED) is 0.601. The van der Waals surface area contributed by atoms with Gasteiger partial charge in [-0.2, -0.15) is 0 Å². The molecule has 0 saturated heterocycles. The Bertz CT molecular complexity index is 961. The fraction of sp³-hybridized carbons (Fsp3) is 0.200. The van der Waals surface area contributed by atoms with Gasteiger partial charge in [-0.1, -0.05) is 11.6 Å². The van der Waals surface area contributed by atoms with Crippen LogP contribution in [-0.4, -0.2) is 29.9 Å². The topological polar surface area (TPSA) is 74.0 Å². The first kappa shape index (κ1) is 18.0. The third kappa shape index (κ3) is 3.89. The first-order valence-electron chi connectivity index (χ1n) is 8.36. The summed E-state index contributed by atoms with van der Waals surface area (Å²) in [7, 11) is 0. The Labute approximate surface area is 156 Å². The van der Waals surface area contributed by atoms with Crippen molar-refractivity contribution in [1.29, 1.82) is 0 Å². The van der Waals surface area contributed by atoms with Crippen LogP contribution in [0.2, 0.25) is 5.02 Å². The van der Waals surface area contributed by atoms with Crippen LogP contribution >= 0.6 is 11.6 Å². The Balaban J connectivity index is 1.53. The van der Waals surface area contributed by atoms with Crippen molar-refractivity contribution in [3.63, 3.8) is 0 Å². The van der Waals surface area contributed by atoms with E-state index in [0.29, 0.717) is 29.2 Å². The van der Waals surface area contributed by atoms with Gasteiger partial charge in [-0.05, 0) is 61.9 Å². The molecule has 26 heavy (non-hydrogen) atoms. The average molecular weight is 370 g/mol. The van der Waals surface area contributed by atoms with Crippen LogP contribution in [0.1, 0.15) is 32.0 Å². The normalized spacial score (nSPS) is 10.7. The van der Waals surface area contributed by atoms with Gasteiger partial charge in [0.2, 0.25) is 0 Å². The number of amides is 2. The van der Waals surface area contributed by atoms with Gasteiger partial charge < -0.3 is 15.6 Å². The second kappa shape index (κ2) is 7.62. The van der Waals surface area contributed by atoms with Crippen molar-refractivity contribution in [2.24, 2.45) is 0 Å². The van der Waals surface area contributed by atoms with Crippen molar-refractivity contribution in [2.75, 3.05) is 13.1 Å². The number of nitrogens with one attached hydrogen (secondary N) is 3. The molecular formula is C20H20ClN3O2. The van der Waals surface area contributed by atoms with Gasteiger partial charge in [0.15, 0.2) is 0 Å². The average Bonchev–Trinajstić information content (AvgIpc) is 2.92. The molecule has 0 aliphatic heterocycles. The molecule has 3 rings (SSSR count). The maximum atomic E-state index is 12.3. The highest BCUT2D eigenvalue weighted by molar-refractivity contribution is 6.30. The molecule has 2 aromatic carbocycles. The van der Waals surface area contributed by atoms with Gasteiger partial charge in [-0.25, -0.2) is 0 Å². The summed E-state index contributed by atoms with van der Waals surface area (Å²) < 4.78 is 0. The standard InChI is InChI=1S/C20H20ClN3O2/c1-12-13(2)24-18-8-5-15(11-17(12)18)20(26)23-10-9-22-19(25)14-3-6-16(21)7-4-14/h3-8,11,24H,9-10H2,1-2H3,(H,22,25)(H,23,26). The van der Waals surface area contributed by atoms with Gasteiger partial charge in [0.05, 0.1) is 0 Å². The van der Waals surface area contributed by atoms with Gasteiger partial charge in [-0.15, -0.1) is 0 Å². The number of aromatic nitrogens is 1. The number of carbonyl (C=O) groups excluding carboxylic acids is 2. The first-order chi connectivity index (χ1) is 12.5. The second-order valence-electron chi connectivity index (χ2n) is 6.15. The van der Waals surface area contributed by atoms with Crippen LogP contribution in [-0.2, 0) is 0 Å². The van der Waals surface area contributed by atoms with Gasteiger partial charge in [-0.3, -0.25) is 9.59 Å². The highest BCUT2D eigenvalue weighted by Gasteiger charge is 2.10. The fourth-order valence-electron chi connectivity index (χ4n) is 2.76. The van der Waals surface area contributed by atoms with Crippen LogP contribution in [0.4, 0.5) is 0 Å². The van der Waals surface area contributed by atoms with Crippen molar-refractivity contribution < 1.29 is 9.59 Å². The van der Waals surface area contributed by atoms with Gasteiger partial charge in [0.25, 0.3) is 11.8 Å². The minimum atomic E-state index is -0.198. The Morgan fingerprint density at radius 1 is 0.923 bits per heavy atom. The van der Waals surface area contributed by atoms with E-state index in [1.165, 1.54) is 0 Å². The Hall–Kier alpha value is -2.79. The summed E-state index contributed by atoms with van der Waals surface area (Å²) in [5.41, 5.74) is 4.40. The molecular weight excluding hydrogens is 350 g/mol. The molecule has 6 heteroatoms. The van der Waals surface area contributed by atoms with E-state index >= 15 is 0 Å². The zero-order chi connectivity index (χ0) is 18.7. The lowest BCUT2D eigenvalue weighted by atomic mass is 10.1. The molecule has 0 atom stereocenters. The summed E-state index contributed by atoms with van der Waals surface area (Å²) in [6.07, 6.45) is 0. The maximum absolute atomic E-state index is 12.3. The van der Waals surface area contributed by atoms with Gasteiger partial charge in [0.1, 0.15) is 0 Å². The predicted octanol–water partition coefficient (Wildman–Crippen LogP) is 3.60. The SMILES string of the molecule is Cc1[nH]c2ccc(C(=O)NCCNC(=O)c3ccc(Cl)cc3)cc2c1C. The first-order valence-corrected chi connectivity index (χ1v) is 8.74. The molecule has 1 aromatic heterocycles. The van der Waals surface area contributed by atoms with E-state index < -0.39 is 0 Å². The van der Waals surface area contributed by atoms with Crippen molar-refractivity contribution in [1.82, 2.24) is 15.6 Å². The maximum Gasteiger partial charge on any atom is 0.251 e. The number of carbonyl (C=O) groups is 2. The molecule has 0 radical (unpaired) electrons. The lowest BCUT2D eigenvalue weighted by Gasteiger charge is -2.08. The molecule has 0 fully saturated rings. The minimum Gasteiger partial charge on any atom is -0.358 e. The highest BCUT2D eigenvalue weighted by atomic mass is 35.5. The van der Waals surface area contributed by atoms with Crippen LogP contribution in [0.25, 0.3) is 10.9 Å². The lowest BCUT2D eigenvalue weighted by molar-refractivity contribution is 0.0928. The highest BCUT2D eigenvalue weighted by Crippen LogP contribution is 2.22. The van der Waals surface area contributed by atoms with Crippen molar-refractivity contribution in [3.8, 4) is 0 Å². The third-order valence-electron chi connectivity index (χ3n) is 4.37. The van der Waals surface area contributed by atoms with Crippen LogP contribution < -0.4 is 10.6 Å². The van der Waals surface area contributed by atoms with Gasteiger partial charge >= 0.3 is 0 Å². The lowest BCUT2D eigenvalue weighted by Crippen LogP contribution is -2.34. The van der Waals surface area contributed by atoms with Crippen molar-refractivity contribution in [2.45, 2.75) is 13.8 Å². The molecule has 0 spiro atoms. The second-order valence-corrected chi connectivity index (χ2v) is 6.59. The molecule has 5 nitrogen and oxygen atoms in total. The van der Waals surface area contributed by atoms with E-state index in [9.17, 15) is 9.59 Å². The zero-order valence-electron chi connectivity index (χ0n) is 14.7. The monoisotopic (exact) mass is 369 g/mol. The molecule has 0 aliphatic rings. The number of aromatic amines is 1. The van der Waals surface area contributed by atoms with Crippen LogP contribution in [0.5, 0.6) is 0 Å². The van der Waals surface area contributed by atoms with Crippen LogP contribution in [0, 0.1) is 13.8 Å². The number of aryl methyl sites for hydroxylation is 2. The summed E-state index contributed by atoms with van der Waals surface area (Å²) in [4.78, 5) is 27.6. The summed E-state index contributed by atoms with van der Waals surface area (Å²) in [5, 5.41) is 7.22.